The number of rotatable bonds is 20. The Balaban J connectivity index is 0.993. The molecule has 0 saturated carbocycles. The molecule has 0 bridgehead atoms. The SMILES string of the molecule is O=C(CN1CCN(C[C@@H](O)COc2cccc3ncccc23)CC1)N[C@H](Cc1cccnc1)C(=O)NC(CCCc1ccccc1)CCCc1ccccc1. The summed E-state index contributed by atoms with van der Waals surface area (Å²) in [5, 5.41) is 18.1. The van der Waals surface area contributed by atoms with Crippen molar-refractivity contribution in [2.75, 3.05) is 45.9 Å². The van der Waals surface area contributed by atoms with E-state index >= 15 is 0 Å². The fraction of sp³-hybridized carbons (Fsp3) is 0.378. The molecular formula is C45H54N6O4. The second-order valence-electron chi connectivity index (χ2n) is 14.5. The lowest BCUT2D eigenvalue weighted by atomic mass is 9.98. The summed E-state index contributed by atoms with van der Waals surface area (Å²) >= 11 is 0. The number of aryl methyl sites for hydroxylation is 2. The maximum Gasteiger partial charge on any atom is 0.243 e. The number of amides is 2. The molecule has 0 aliphatic carbocycles. The Morgan fingerprint density at radius 2 is 1.38 bits per heavy atom. The highest BCUT2D eigenvalue weighted by molar-refractivity contribution is 5.88. The summed E-state index contributed by atoms with van der Waals surface area (Å²) in [6, 6.07) is 33.5. The molecule has 10 heteroatoms. The van der Waals surface area contributed by atoms with Gasteiger partial charge >= 0.3 is 0 Å². The van der Waals surface area contributed by atoms with Crippen LogP contribution in [0.2, 0.25) is 0 Å². The van der Waals surface area contributed by atoms with Crippen molar-refractivity contribution in [3.8, 4) is 5.75 Å². The molecule has 5 aromatic rings. The monoisotopic (exact) mass is 742 g/mol. The number of carbonyl (C=O) groups is 2. The van der Waals surface area contributed by atoms with Gasteiger partial charge in [0, 0.05) is 69.2 Å². The summed E-state index contributed by atoms with van der Waals surface area (Å²) in [5.74, 6) is 0.361. The number of β-amino-alcohol motifs (C(OH)–C–C–N with tert-alkyl or cyclic N) is 1. The van der Waals surface area contributed by atoms with Crippen molar-refractivity contribution in [1.82, 2.24) is 30.4 Å². The van der Waals surface area contributed by atoms with Crippen molar-refractivity contribution in [3.63, 3.8) is 0 Å². The van der Waals surface area contributed by atoms with Gasteiger partial charge in [-0.15, -0.1) is 0 Å². The molecule has 2 aromatic heterocycles. The maximum absolute atomic E-state index is 14.0. The number of nitrogens with one attached hydrogen (secondary N) is 2. The van der Waals surface area contributed by atoms with Gasteiger partial charge in [-0.05, 0) is 85.5 Å². The van der Waals surface area contributed by atoms with Gasteiger partial charge in [0.1, 0.15) is 24.5 Å². The van der Waals surface area contributed by atoms with Crippen LogP contribution in [0.5, 0.6) is 5.75 Å². The van der Waals surface area contributed by atoms with E-state index < -0.39 is 12.1 Å². The van der Waals surface area contributed by atoms with Gasteiger partial charge in [0.15, 0.2) is 0 Å². The average Bonchev–Trinajstić information content (AvgIpc) is 3.21. The quantitative estimate of drug-likeness (QED) is 0.0991. The molecule has 2 atom stereocenters. The predicted octanol–water partition coefficient (Wildman–Crippen LogP) is 5.25. The van der Waals surface area contributed by atoms with Gasteiger partial charge in [-0.25, -0.2) is 0 Å². The van der Waals surface area contributed by atoms with Crippen LogP contribution in [-0.2, 0) is 28.9 Å². The number of hydrogen-bond donors (Lipinski definition) is 3. The molecule has 288 valence electrons. The number of aromatic nitrogens is 2. The van der Waals surface area contributed by atoms with Crippen molar-refractivity contribution in [3.05, 3.63) is 138 Å². The van der Waals surface area contributed by atoms with Gasteiger partial charge in [-0.2, -0.15) is 0 Å². The molecule has 10 nitrogen and oxygen atoms in total. The molecule has 1 aliphatic rings. The Labute approximate surface area is 325 Å². The van der Waals surface area contributed by atoms with Gasteiger partial charge in [-0.1, -0.05) is 72.8 Å². The van der Waals surface area contributed by atoms with Crippen LogP contribution in [0, 0.1) is 0 Å². The zero-order valence-electron chi connectivity index (χ0n) is 31.6. The number of aliphatic hydroxyl groups excluding tert-OH is 1. The third-order valence-corrected chi connectivity index (χ3v) is 10.2. The van der Waals surface area contributed by atoms with E-state index in [9.17, 15) is 14.7 Å². The molecular weight excluding hydrogens is 689 g/mol. The van der Waals surface area contributed by atoms with Crippen LogP contribution in [0.4, 0.5) is 0 Å². The lowest BCUT2D eigenvalue weighted by molar-refractivity contribution is -0.130. The first-order valence-electron chi connectivity index (χ1n) is 19.6. The molecule has 0 unspecified atom stereocenters. The van der Waals surface area contributed by atoms with Crippen LogP contribution in [0.1, 0.15) is 42.4 Å². The van der Waals surface area contributed by atoms with Crippen LogP contribution in [0.25, 0.3) is 10.9 Å². The van der Waals surface area contributed by atoms with E-state index in [0.29, 0.717) is 31.8 Å². The van der Waals surface area contributed by atoms with Crippen LogP contribution >= 0.6 is 0 Å². The number of pyridine rings is 2. The zero-order chi connectivity index (χ0) is 38.1. The van der Waals surface area contributed by atoms with Crippen molar-refractivity contribution in [1.29, 1.82) is 0 Å². The van der Waals surface area contributed by atoms with Gasteiger partial charge in [-0.3, -0.25) is 29.4 Å². The summed E-state index contributed by atoms with van der Waals surface area (Å²) in [5.41, 5.74) is 4.33. The Kier molecular flexibility index (Phi) is 15.1. The molecule has 55 heavy (non-hydrogen) atoms. The van der Waals surface area contributed by atoms with E-state index in [1.54, 1.807) is 18.6 Å². The third kappa shape index (κ3) is 13.0. The van der Waals surface area contributed by atoms with E-state index in [1.165, 1.54) is 11.1 Å². The largest absolute Gasteiger partial charge is 0.490 e. The van der Waals surface area contributed by atoms with E-state index in [2.05, 4.69) is 78.9 Å². The predicted molar refractivity (Wildman–Crippen MR) is 217 cm³/mol. The molecule has 3 N–H and O–H groups in total. The first-order chi connectivity index (χ1) is 27.0. The Bertz CT molecular complexity index is 1840. The minimum absolute atomic E-state index is 0.00824. The first-order valence-corrected chi connectivity index (χ1v) is 19.6. The highest BCUT2D eigenvalue weighted by Crippen LogP contribution is 2.24. The summed E-state index contributed by atoms with van der Waals surface area (Å²) in [6.45, 7) is 3.65. The van der Waals surface area contributed by atoms with E-state index in [4.69, 9.17) is 4.74 Å². The number of ether oxygens (including phenoxy) is 1. The molecule has 1 saturated heterocycles. The smallest absolute Gasteiger partial charge is 0.243 e. The zero-order valence-corrected chi connectivity index (χ0v) is 31.6. The Morgan fingerprint density at radius 1 is 0.727 bits per heavy atom. The lowest BCUT2D eigenvalue weighted by Gasteiger charge is -2.35. The second kappa shape index (κ2) is 21.1. The molecule has 2 amide bonds. The summed E-state index contributed by atoms with van der Waals surface area (Å²) in [7, 11) is 0. The van der Waals surface area contributed by atoms with Crippen LogP contribution in [0.3, 0.4) is 0 Å². The highest BCUT2D eigenvalue weighted by Gasteiger charge is 2.26. The standard InChI is InChI=1S/C45H54N6O4/c52-39(34-55-43-23-9-22-41-40(43)21-11-25-47-41)32-50-26-28-51(29-27-50)33-44(53)49-42(30-37-18-10-24-46-31-37)45(54)48-38(19-7-16-35-12-3-1-4-13-35)20-8-17-36-14-5-2-6-15-36/h1-6,9-15,18,21-25,31,38-39,42,52H,7-8,16-17,19-20,26-30,32-34H2,(H,48,54)(H,49,53)/t39-,42-/m1/s1. The topological polar surface area (TPSA) is 120 Å². The maximum atomic E-state index is 14.0. The number of hydrogen-bond acceptors (Lipinski definition) is 8. The minimum Gasteiger partial charge on any atom is -0.490 e. The lowest BCUT2D eigenvalue weighted by Crippen LogP contribution is -2.55. The highest BCUT2D eigenvalue weighted by atomic mass is 16.5. The van der Waals surface area contributed by atoms with E-state index in [1.807, 2.05) is 54.6 Å². The van der Waals surface area contributed by atoms with Crippen LogP contribution < -0.4 is 15.4 Å². The van der Waals surface area contributed by atoms with Crippen molar-refractivity contribution >= 4 is 22.7 Å². The Morgan fingerprint density at radius 3 is 2.05 bits per heavy atom. The van der Waals surface area contributed by atoms with Gasteiger partial charge in [0.25, 0.3) is 0 Å². The molecule has 0 radical (unpaired) electrons. The molecule has 3 heterocycles. The molecule has 6 rings (SSSR count). The Hall–Kier alpha value is -5.16. The van der Waals surface area contributed by atoms with Crippen LogP contribution in [0.15, 0.2) is 122 Å². The molecule has 3 aromatic carbocycles. The van der Waals surface area contributed by atoms with Crippen molar-refractivity contribution in [2.24, 2.45) is 0 Å². The number of benzene rings is 3. The van der Waals surface area contributed by atoms with E-state index in [0.717, 1.165) is 68.1 Å². The summed E-state index contributed by atoms with van der Waals surface area (Å²) in [4.78, 5) is 40.4. The second-order valence-corrected chi connectivity index (χ2v) is 14.5. The van der Waals surface area contributed by atoms with Crippen molar-refractivity contribution in [2.45, 2.75) is 63.1 Å². The average molecular weight is 743 g/mol. The first kappa shape index (κ1) is 39.5. The van der Waals surface area contributed by atoms with Crippen molar-refractivity contribution < 1.29 is 19.4 Å². The number of nitrogens with zero attached hydrogens (tertiary/aromatic N) is 4. The molecule has 0 spiro atoms. The fourth-order valence-corrected chi connectivity index (χ4v) is 7.26. The van der Waals surface area contributed by atoms with Gasteiger partial charge in [0.2, 0.25) is 11.8 Å². The number of carbonyl (C=O) groups excluding carboxylic acids is 2. The summed E-state index contributed by atoms with van der Waals surface area (Å²) < 4.78 is 5.98. The normalized spacial score (nSPS) is 14.7. The number of aliphatic hydroxyl groups is 1. The fourth-order valence-electron chi connectivity index (χ4n) is 7.26. The summed E-state index contributed by atoms with van der Waals surface area (Å²) in [6.07, 6.45) is 10.4. The van der Waals surface area contributed by atoms with Gasteiger partial charge < -0.3 is 20.5 Å². The third-order valence-electron chi connectivity index (χ3n) is 10.2. The molecule has 1 aliphatic heterocycles. The van der Waals surface area contributed by atoms with E-state index in [-0.39, 0.29) is 31.0 Å². The van der Waals surface area contributed by atoms with Crippen LogP contribution in [-0.4, -0.2) is 101 Å². The molecule has 1 fully saturated rings. The van der Waals surface area contributed by atoms with Gasteiger partial charge in [0.05, 0.1) is 12.1 Å². The number of fused-ring (bicyclic) bond motifs is 1. The number of piperazine rings is 1. The minimum atomic E-state index is -0.726.